The van der Waals surface area contributed by atoms with Crippen molar-refractivity contribution in [2.45, 2.75) is 12.3 Å². The molecule has 0 aliphatic carbocycles. The Morgan fingerprint density at radius 2 is 2.07 bits per heavy atom. The molecule has 15 heavy (non-hydrogen) atoms. The summed E-state index contributed by atoms with van der Waals surface area (Å²) in [5, 5.41) is 7.77. The molecule has 0 aliphatic rings. The Bertz CT molecular complexity index is 393. The average molecular weight is 239 g/mol. The molecule has 1 aromatic rings. The molecule has 1 N–H and O–H groups in total. The van der Waals surface area contributed by atoms with Crippen LogP contribution in [0, 0.1) is 5.82 Å². The third-order valence-corrected chi connectivity index (χ3v) is 2.01. The van der Waals surface area contributed by atoms with Gasteiger partial charge in [-0.3, -0.25) is 4.79 Å². The molecular weight excluding hydrogens is 233 g/mol. The molecule has 0 bridgehead atoms. The zero-order chi connectivity index (χ0) is 11.6. The third-order valence-electron chi connectivity index (χ3n) is 1.70. The van der Waals surface area contributed by atoms with Gasteiger partial charge in [0.1, 0.15) is 12.2 Å². The summed E-state index contributed by atoms with van der Waals surface area (Å²) in [6.07, 6.45) is -1.38. The maximum absolute atomic E-state index is 13.2. The van der Waals surface area contributed by atoms with Crippen LogP contribution < -0.4 is 0 Å². The van der Waals surface area contributed by atoms with Crippen molar-refractivity contribution >= 4 is 17.6 Å². The largest absolute Gasteiger partial charge is 0.481 e. The van der Waals surface area contributed by atoms with E-state index in [1.54, 1.807) is 0 Å². The number of halogens is 4. The van der Waals surface area contributed by atoms with Gasteiger partial charge in [-0.2, -0.15) is 0 Å². The van der Waals surface area contributed by atoms with E-state index >= 15 is 0 Å². The van der Waals surface area contributed by atoms with Crippen molar-refractivity contribution in [2.24, 2.45) is 0 Å². The highest BCUT2D eigenvalue weighted by atomic mass is 35.5. The number of benzene rings is 1. The van der Waals surface area contributed by atoms with Gasteiger partial charge in [-0.1, -0.05) is 11.6 Å². The minimum Gasteiger partial charge on any atom is -0.481 e. The molecule has 0 atom stereocenters. The maximum Gasteiger partial charge on any atom is 0.309 e. The molecule has 2 nitrogen and oxygen atoms in total. The van der Waals surface area contributed by atoms with Gasteiger partial charge in [0, 0.05) is 5.56 Å². The van der Waals surface area contributed by atoms with Gasteiger partial charge in [-0.05, 0) is 18.2 Å². The Kier molecular flexibility index (Phi) is 3.24. The quantitative estimate of drug-likeness (QED) is 0.879. The normalized spacial score (nSPS) is 11.5. The predicted octanol–water partition coefficient (Wildman–Crippen LogP) is 3.05. The second-order valence-corrected chi connectivity index (χ2v) is 3.31. The summed E-state index contributed by atoms with van der Waals surface area (Å²) in [6, 6.07) is 2.30. The number of rotatable bonds is 3. The molecule has 0 spiro atoms. The number of aliphatic carboxylic acids is 1. The van der Waals surface area contributed by atoms with Crippen molar-refractivity contribution in [3.8, 4) is 0 Å². The molecule has 0 radical (unpaired) electrons. The van der Waals surface area contributed by atoms with Crippen molar-refractivity contribution < 1.29 is 23.1 Å². The van der Waals surface area contributed by atoms with E-state index in [-0.39, 0.29) is 0 Å². The van der Waals surface area contributed by atoms with Gasteiger partial charge in [0.25, 0.3) is 5.92 Å². The van der Waals surface area contributed by atoms with Crippen LogP contribution in [0.15, 0.2) is 18.2 Å². The van der Waals surface area contributed by atoms with Gasteiger partial charge in [-0.15, -0.1) is 0 Å². The molecule has 0 unspecified atom stereocenters. The minimum atomic E-state index is -3.60. The average Bonchev–Trinajstić information content (AvgIpc) is 1.99. The summed E-state index contributed by atoms with van der Waals surface area (Å²) >= 11 is 5.38. The van der Waals surface area contributed by atoms with E-state index in [9.17, 15) is 18.0 Å². The van der Waals surface area contributed by atoms with E-state index in [4.69, 9.17) is 16.7 Å². The molecule has 1 rings (SSSR count). The molecule has 0 aromatic heterocycles. The number of hydrogen-bond acceptors (Lipinski definition) is 1. The van der Waals surface area contributed by atoms with Crippen LogP contribution in [0.3, 0.4) is 0 Å². The van der Waals surface area contributed by atoms with Crippen LogP contribution in [-0.2, 0) is 10.7 Å². The summed E-state index contributed by atoms with van der Waals surface area (Å²) in [4.78, 5) is 10.2. The Balaban J connectivity index is 3.09. The Labute approximate surface area is 88.3 Å². The minimum absolute atomic E-state index is 0.485. The van der Waals surface area contributed by atoms with Crippen LogP contribution >= 0.6 is 11.6 Å². The summed E-state index contributed by atoms with van der Waals surface area (Å²) in [6.45, 7) is 0. The lowest BCUT2D eigenvalue weighted by Gasteiger charge is -2.15. The molecule has 0 fully saturated rings. The number of carboxylic acid groups (broad SMARTS) is 1. The highest BCUT2D eigenvalue weighted by Crippen LogP contribution is 2.36. The second kappa shape index (κ2) is 4.10. The second-order valence-electron chi connectivity index (χ2n) is 2.90. The maximum atomic E-state index is 13.2. The first-order valence-electron chi connectivity index (χ1n) is 3.88. The van der Waals surface area contributed by atoms with Gasteiger partial charge in [0.15, 0.2) is 0 Å². The van der Waals surface area contributed by atoms with Crippen molar-refractivity contribution in [1.29, 1.82) is 0 Å². The van der Waals surface area contributed by atoms with Crippen LogP contribution in [0.5, 0.6) is 0 Å². The van der Waals surface area contributed by atoms with Crippen molar-refractivity contribution in [3.63, 3.8) is 0 Å². The lowest BCUT2D eigenvalue weighted by Crippen LogP contribution is -2.19. The van der Waals surface area contributed by atoms with Crippen LogP contribution in [0.25, 0.3) is 0 Å². The van der Waals surface area contributed by atoms with Crippen molar-refractivity contribution in [2.75, 3.05) is 0 Å². The molecule has 1 aromatic carbocycles. The lowest BCUT2D eigenvalue weighted by atomic mass is 10.1. The van der Waals surface area contributed by atoms with E-state index in [1.807, 2.05) is 0 Å². The fourth-order valence-electron chi connectivity index (χ4n) is 1.07. The topological polar surface area (TPSA) is 37.3 Å². The van der Waals surface area contributed by atoms with Crippen LogP contribution in [-0.4, -0.2) is 11.1 Å². The van der Waals surface area contributed by atoms with Gasteiger partial charge < -0.3 is 5.11 Å². The van der Waals surface area contributed by atoms with Gasteiger partial charge in [0.05, 0.1) is 5.02 Å². The smallest absolute Gasteiger partial charge is 0.309 e. The summed E-state index contributed by atoms with van der Waals surface area (Å²) in [5.74, 6) is -6.01. The molecule has 0 saturated heterocycles. The summed E-state index contributed by atoms with van der Waals surface area (Å²) < 4.78 is 39.0. The van der Waals surface area contributed by atoms with Gasteiger partial charge in [-0.25, -0.2) is 13.2 Å². The first-order valence-corrected chi connectivity index (χ1v) is 4.26. The van der Waals surface area contributed by atoms with E-state index < -0.39 is 34.7 Å². The zero-order valence-electron chi connectivity index (χ0n) is 7.31. The summed E-state index contributed by atoms with van der Waals surface area (Å²) in [5.41, 5.74) is -0.687. The van der Waals surface area contributed by atoms with E-state index in [0.717, 1.165) is 12.1 Å². The number of carboxylic acids is 1. The number of alkyl halides is 2. The highest BCUT2D eigenvalue weighted by molar-refractivity contribution is 6.31. The van der Waals surface area contributed by atoms with Crippen LogP contribution in [0.2, 0.25) is 5.02 Å². The highest BCUT2D eigenvalue weighted by Gasteiger charge is 2.36. The zero-order valence-corrected chi connectivity index (χ0v) is 8.06. The number of carbonyl (C=O) groups is 1. The summed E-state index contributed by atoms with van der Waals surface area (Å²) in [7, 11) is 0. The molecule has 0 saturated carbocycles. The first kappa shape index (κ1) is 11.8. The van der Waals surface area contributed by atoms with Crippen LogP contribution in [0.1, 0.15) is 12.0 Å². The fraction of sp³-hybridized carbons (Fsp3) is 0.222. The van der Waals surface area contributed by atoms with Gasteiger partial charge in [0.2, 0.25) is 0 Å². The Morgan fingerprint density at radius 3 is 2.53 bits per heavy atom. The predicted molar refractivity (Wildman–Crippen MR) is 47.6 cm³/mol. The molecule has 0 amide bonds. The van der Waals surface area contributed by atoms with Crippen LogP contribution in [0.4, 0.5) is 13.2 Å². The monoisotopic (exact) mass is 238 g/mol. The fourth-order valence-corrected chi connectivity index (χ4v) is 1.38. The van der Waals surface area contributed by atoms with Crippen molar-refractivity contribution in [3.05, 3.63) is 34.6 Å². The molecule has 0 heterocycles. The molecular formula is C9H6ClF3O2. The Morgan fingerprint density at radius 1 is 1.47 bits per heavy atom. The van der Waals surface area contributed by atoms with Gasteiger partial charge >= 0.3 is 5.97 Å². The molecule has 0 aliphatic heterocycles. The SMILES string of the molecule is O=C(O)CC(F)(F)c1ccc(F)cc1Cl. The standard InChI is InChI=1S/C9H6ClF3O2/c10-7-3-5(11)1-2-6(7)9(12,13)4-8(14)15/h1-3H,4H2,(H,14,15). The number of hydrogen-bond donors (Lipinski definition) is 1. The van der Waals surface area contributed by atoms with E-state index in [1.165, 1.54) is 0 Å². The first-order chi connectivity index (χ1) is 6.83. The lowest BCUT2D eigenvalue weighted by molar-refractivity contribution is -0.145. The third kappa shape index (κ3) is 2.86. The molecule has 6 heteroatoms. The van der Waals surface area contributed by atoms with Crippen molar-refractivity contribution in [1.82, 2.24) is 0 Å². The van der Waals surface area contributed by atoms with E-state index in [2.05, 4.69) is 0 Å². The van der Waals surface area contributed by atoms with E-state index in [0.29, 0.717) is 6.07 Å². The Hall–Kier alpha value is -1.23. The molecule has 82 valence electrons.